The summed E-state index contributed by atoms with van der Waals surface area (Å²) in [5.74, 6) is -4.25. The lowest BCUT2D eigenvalue weighted by Crippen LogP contribution is -2.34. The van der Waals surface area contributed by atoms with Gasteiger partial charge in [-0.25, -0.2) is 4.79 Å². The Balaban J connectivity index is 3.12. The number of hydrogen-bond donors (Lipinski definition) is 3. The van der Waals surface area contributed by atoms with Gasteiger partial charge in [0.2, 0.25) is 0 Å². The van der Waals surface area contributed by atoms with Crippen molar-refractivity contribution < 1.29 is 24.9 Å². The van der Waals surface area contributed by atoms with Gasteiger partial charge >= 0.3 is 5.97 Å². The van der Waals surface area contributed by atoms with Crippen LogP contribution in [0.4, 0.5) is 0 Å². The summed E-state index contributed by atoms with van der Waals surface area (Å²) in [5.41, 5.74) is -0.149. The normalized spacial score (nSPS) is 11.1. The maximum absolute atomic E-state index is 10.5. The van der Waals surface area contributed by atoms with Crippen LogP contribution in [0.5, 0.6) is 5.75 Å². The molecule has 1 aromatic rings. The van der Waals surface area contributed by atoms with Crippen molar-refractivity contribution in [3.8, 4) is 5.75 Å². The Morgan fingerprint density at radius 1 is 1.43 bits per heavy atom. The highest BCUT2D eigenvalue weighted by Crippen LogP contribution is 2.22. The van der Waals surface area contributed by atoms with Crippen molar-refractivity contribution in [2.24, 2.45) is 0 Å². The van der Waals surface area contributed by atoms with E-state index < -0.39 is 11.8 Å². The molecule has 0 aliphatic carbocycles. The van der Waals surface area contributed by atoms with Gasteiger partial charge in [-0.3, -0.25) is 0 Å². The molecule has 76 valence electrons. The maximum Gasteiger partial charge on any atom is 0.369 e. The lowest BCUT2D eigenvalue weighted by Gasteiger charge is -2.16. The van der Waals surface area contributed by atoms with Gasteiger partial charge in [0, 0.05) is 5.56 Å². The molecule has 5 nitrogen and oxygen atoms in total. The number of hydrogen-bond acceptors (Lipinski definition) is 4. The van der Waals surface area contributed by atoms with E-state index in [9.17, 15) is 15.0 Å². The van der Waals surface area contributed by atoms with Gasteiger partial charge in [-0.15, -0.1) is 0 Å². The first-order chi connectivity index (χ1) is 6.48. The van der Waals surface area contributed by atoms with E-state index in [1.807, 2.05) is 0 Å². The number of ether oxygens (including phenoxy) is 1. The summed E-state index contributed by atoms with van der Waals surface area (Å²) in [6, 6.07) is 5.57. The fraction of sp³-hybridized carbons (Fsp3) is 0.222. The van der Waals surface area contributed by atoms with Crippen LogP contribution in [0.2, 0.25) is 0 Å². The molecular weight excluding hydrogens is 188 g/mol. The van der Waals surface area contributed by atoms with Crippen LogP contribution < -0.4 is 4.74 Å². The smallest absolute Gasteiger partial charge is 0.369 e. The minimum absolute atomic E-state index is 0.149. The molecule has 0 aliphatic heterocycles. The molecule has 0 saturated carbocycles. The van der Waals surface area contributed by atoms with E-state index >= 15 is 0 Å². The van der Waals surface area contributed by atoms with E-state index in [0.29, 0.717) is 5.75 Å². The van der Waals surface area contributed by atoms with Crippen LogP contribution in [0.3, 0.4) is 0 Å². The van der Waals surface area contributed by atoms with Gasteiger partial charge in [0.15, 0.2) is 0 Å². The van der Waals surface area contributed by atoms with Crippen LogP contribution >= 0.6 is 0 Å². The van der Waals surface area contributed by atoms with Gasteiger partial charge in [0.05, 0.1) is 7.11 Å². The zero-order valence-electron chi connectivity index (χ0n) is 7.47. The van der Waals surface area contributed by atoms with Gasteiger partial charge in [-0.1, -0.05) is 12.1 Å². The second-order valence-electron chi connectivity index (χ2n) is 2.71. The molecule has 14 heavy (non-hydrogen) atoms. The number of carbonyl (C=O) groups is 1. The molecule has 0 amide bonds. The Hall–Kier alpha value is -1.59. The van der Waals surface area contributed by atoms with Crippen LogP contribution in [-0.2, 0) is 10.6 Å². The van der Waals surface area contributed by atoms with Crippen molar-refractivity contribution >= 4 is 5.97 Å². The predicted octanol–water partition coefficient (Wildman–Crippen LogP) is -0.0828. The first kappa shape index (κ1) is 10.5. The monoisotopic (exact) mass is 198 g/mol. The number of methoxy groups -OCH3 is 1. The van der Waals surface area contributed by atoms with Crippen molar-refractivity contribution in [3.63, 3.8) is 0 Å². The third-order valence-corrected chi connectivity index (χ3v) is 1.77. The summed E-state index contributed by atoms with van der Waals surface area (Å²) in [7, 11) is 1.40. The quantitative estimate of drug-likeness (QED) is 0.591. The molecule has 5 heteroatoms. The van der Waals surface area contributed by atoms with E-state index in [1.54, 1.807) is 6.07 Å². The maximum atomic E-state index is 10.5. The van der Waals surface area contributed by atoms with Gasteiger partial charge in [0.1, 0.15) is 5.75 Å². The average molecular weight is 198 g/mol. The molecule has 0 aliphatic rings. The summed E-state index contributed by atoms with van der Waals surface area (Å²) in [6.45, 7) is 0. The van der Waals surface area contributed by atoms with Crippen molar-refractivity contribution in [1.82, 2.24) is 0 Å². The Morgan fingerprint density at radius 3 is 2.57 bits per heavy atom. The largest absolute Gasteiger partial charge is 0.497 e. The Kier molecular flexibility index (Phi) is 2.73. The first-order valence-corrected chi connectivity index (χ1v) is 3.81. The van der Waals surface area contributed by atoms with Gasteiger partial charge in [-0.2, -0.15) is 0 Å². The fourth-order valence-corrected chi connectivity index (χ4v) is 0.963. The minimum Gasteiger partial charge on any atom is -0.497 e. The fourth-order valence-electron chi connectivity index (χ4n) is 0.963. The lowest BCUT2D eigenvalue weighted by atomic mass is 10.1. The van der Waals surface area contributed by atoms with Crippen LogP contribution in [0.15, 0.2) is 24.3 Å². The van der Waals surface area contributed by atoms with Gasteiger partial charge in [0.25, 0.3) is 5.79 Å². The molecule has 0 atom stereocenters. The predicted molar refractivity (Wildman–Crippen MR) is 46.7 cm³/mol. The van der Waals surface area contributed by atoms with E-state index in [4.69, 9.17) is 9.84 Å². The molecule has 0 saturated heterocycles. The van der Waals surface area contributed by atoms with Crippen molar-refractivity contribution in [1.29, 1.82) is 0 Å². The van der Waals surface area contributed by atoms with Crippen LogP contribution in [-0.4, -0.2) is 28.4 Å². The Morgan fingerprint density at radius 2 is 2.07 bits per heavy atom. The average Bonchev–Trinajstić information content (AvgIpc) is 2.17. The Labute approximate surface area is 80.2 Å². The molecule has 0 spiro atoms. The van der Waals surface area contributed by atoms with Crippen LogP contribution in [0.25, 0.3) is 0 Å². The number of carboxylic acid groups (broad SMARTS) is 1. The van der Waals surface area contributed by atoms with Crippen LogP contribution in [0, 0.1) is 0 Å². The zero-order valence-corrected chi connectivity index (χ0v) is 7.47. The van der Waals surface area contributed by atoms with Gasteiger partial charge in [-0.05, 0) is 12.1 Å². The van der Waals surface area contributed by atoms with E-state index in [0.717, 1.165) is 0 Å². The molecular formula is C9H10O5. The minimum atomic E-state index is -2.88. The molecule has 0 aromatic heterocycles. The standard InChI is InChI=1S/C9H10O5/c1-14-7-4-2-3-6(5-7)9(12,13)8(10)11/h2-5,12-13H,1H3,(H,10,11). The van der Waals surface area contributed by atoms with Crippen molar-refractivity contribution in [2.75, 3.05) is 7.11 Å². The van der Waals surface area contributed by atoms with E-state index in [2.05, 4.69) is 0 Å². The number of aliphatic hydroxyl groups is 2. The summed E-state index contributed by atoms with van der Waals surface area (Å²) in [4.78, 5) is 10.5. The van der Waals surface area contributed by atoms with E-state index in [-0.39, 0.29) is 5.56 Å². The molecule has 0 bridgehead atoms. The molecule has 0 unspecified atom stereocenters. The second kappa shape index (κ2) is 3.65. The number of aliphatic carboxylic acids is 1. The summed E-state index contributed by atoms with van der Waals surface area (Å²) in [6.07, 6.45) is 0. The molecule has 0 heterocycles. The number of rotatable bonds is 3. The molecule has 1 aromatic carbocycles. The van der Waals surface area contributed by atoms with Gasteiger partial charge < -0.3 is 20.1 Å². The van der Waals surface area contributed by atoms with E-state index in [1.165, 1.54) is 25.3 Å². The highest BCUT2D eigenvalue weighted by molar-refractivity contribution is 5.77. The summed E-state index contributed by atoms with van der Waals surface area (Å²) >= 11 is 0. The second-order valence-corrected chi connectivity index (χ2v) is 2.71. The van der Waals surface area contributed by atoms with Crippen LogP contribution in [0.1, 0.15) is 5.56 Å². The molecule has 0 fully saturated rings. The highest BCUT2D eigenvalue weighted by atomic mass is 16.5. The first-order valence-electron chi connectivity index (χ1n) is 3.81. The highest BCUT2D eigenvalue weighted by Gasteiger charge is 2.35. The lowest BCUT2D eigenvalue weighted by molar-refractivity contribution is -0.208. The topological polar surface area (TPSA) is 87.0 Å². The molecule has 0 radical (unpaired) electrons. The third kappa shape index (κ3) is 1.84. The zero-order chi connectivity index (χ0) is 10.8. The molecule has 3 N–H and O–H groups in total. The third-order valence-electron chi connectivity index (χ3n) is 1.77. The number of benzene rings is 1. The summed E-state index contributed by atoms with van der Waals surface area (Å²) in [5, 5.41) is 26.9. The summed E-state index contributed by atoms with van der Waals surface area (Å²) < 4.78 is 4.81. The van der Waals surface area contributed by atoms with Crippen molar-refractivity contribution in [3.05, 3.63) is 29.8 Å². The SMILES string of the molecule is COc1cccc(C(O)(O)C(=O)O)c1. The molecule has 1 rings (SSSR count). The number of carboxylic acids is 1. The Bertz CT molecular complexity index is 345. The van der Waals surface area contributed by atoms with Crippen molar-refractivity contribution in [2.45, 2.75) is 5.79 Å².